The first-order chi connectivity index (χ1) is 7.41. The molecule has 2 N–H and O–H groups in total. The van der Waals surface area contributed by atoms with Gasteiger partial charge in [0.05, 0.1) is 6.04 Å². The second-order valence-corrected chi connectivity index (χ2v) is 5.76. The molecule has 0 radical (unpaired) electrons. The van der Waals surface area contributed by atoms with Crippen LogP contribution in [0.5, 0.6) is 0 Å². The summed E-state index contributed by atoms with van der Waals surface area (Å²) in [5, 5.41) is 0. The van der Waals surface area contributed by atoms with Crippen LogP contribution in [0.1, 0.15) is 47.0 Å². The third-order valence-electron chi connectivity index (χ3n) is 3.10. The van der Waals surface area contributed by atoms with Crippen molar-refractivity contribution in [2.45, 2.75) is 59.0 Å². The Morgan fingerprint density at radius 1 is 1.31 bits per heavy atom. The topological polar surface area (TPSA) is 46.3 Å². The lowest BCUT2D eigenvalue weighted by Gasteiger charge is -2.30. The van der Waals surface area contributed by atoms with Gasteiger partial charge in [-0.3, -0.25) is 4.79 Å². The third kappa shape index (κ3) is 4.12. The molecule has 0 aromatic rings. The molecule has 0 aliphatic heterocycles. The number of nitrogens with two attached hydrogens (primary N) is 1. The summed E-state index contributed by atoms with van der Waals surface area (Å²) >= 11 is 0. The first-order valence-corrected chi connectivity index (χ1v) is 6.47. The average Bonchev–Trinajstić information content (AvgIpc) is 2.95. The van der Waals surface area contributed by atoms with E-state index in [-0.39, 0.29) is 18.0 Å². The minimum Gasteiger partial charge on any atom is -0.339 e. The fraction of sp³-hybridized carbons (Fsp3) is 0.923. The van der Waals surface area contributed by atoms with Gasteiger partial charge < -0.3 is 10.6 Å². The van der Waals surface area contributed by atoms with Gasteiger partial charge in [-0.25, -0.2) is 0 Å². The van der Waals surface area contributed by atoms with Crippen LogP contribution >= 0.6 is 0 Å². The number of carbonyl (C=O) groups excluding carboxylic acids is 1. The zero-order valence-corrected chi connectivity index (χ0v) is 11.1. The van der Waals surface area contributed by atoms with Crippen molar-refractivity contribution in [2.75, 3.05) is 6.54 Å². The van der Waals surface area contributed by atoms with Crippen molar-refractivity contribution in [3.05, 3.63) is 0 Å². The Hall–Kier alpha value is -0.570. The summed E-state index contributed by atoms with van der Waals surface area (Å²) in [6.07, 6.45) is 3.33. The first kappa shape index (κ1) is 13.5. The van der Waals surface area contributed by atoms with Crippen molar-refractivity contribution in [2.24, 2.45) is 17.6 Å². The molecule has 3 heteroatoms. The van der Waals surface area contributed by atoms with Crippen LogP contribution in [0.15, 0.2) is 0 Å². The van der Waals surface area contributed by atoms with Crippen LogP contribution < -0.4 is 5.73 Å². The van der Waals surface area contributed by atoms with E-state index in [1.54, 1.807) is 0 Å². The van der Waals surface area contributed by atoms with Crippen LogP contribution in [0.2, 0.25) is 0 Å². The normalized spacial score (nSPS) is 17.9. The highest BCUT2D eigenvalue weighted by Gasteiger charge is 2.30. The summed E-state index contributed by atoms with van der Waals surface area (Å²) in [6.45, 7) is 9.26. The van der Waals surface area contributed by atoms with E-state index in [9.17, 15) is 4.79 Å². The lowest BCUT2D eigenvalue weighted by molar-refractivity contribution is -0.134. The minimum atomic E-state index is -0.318. The molecule has 0 spiro atoms. The molecule has 1 aliphatic carbocycles. The summed E-state index contributed by atoms with van der Waals surface area (Å²) in [5.41, 5.74) is 5.96. The van der Waals surface area contributed by atoms with Gasteiger partial charge in [-0.1, -0.05) is 13.8 Å². The van der Waals surface area contributed by atoms with Gasteiger partial charge in [-0.05, 0) is 44.9 Å². The summed E-state index contributed by atoms with van der Waals surface area (Å²) < 4.78 is 0. The fourth-order valence-electron chi connectivity index (χ4n) is 1.96. The van der Waals surface area contributed by atoms with E-state index in [0.29, 0.717) is 5.92 Å². The molecule has 3 nitrogen and oxygen atoms in total. The molecule has 0 unspecified atom stereocenters. The van der Waals surface area contributed by atoms with Gasteiger partial charge in [0.25, 0.3) is 0 Å². The van der Waals surface area contributed by atoms with Crippen molar-refractivity contribution in [1.29, 1.82) is 0 Å². The predicted molar refractivity (Wildman–Crippen MR) is 67.0 cm³/mol. The largest absolute Gasteiger partial charge is 0.339 e. The van der Waals surface area contributed by atoms with E-state index in [1.807, 2.05) is 4.90 Å². The summed E-state index contributed by atoms with van der Waals surface area (Å²) in [5.74, 6) is 1.35. The molecular weight excluding hydrogens is 200 g/mol. The SMILES string of the molecule is CC(C)C[C@H](N)C(=O)N(CC1CC1)C(C)C. The molecular formula is C13H26N2O. The van der Waals surface area contributed by atoms with Crippen molar-refractivity contribution >= 4 is 5.91 Å². The summed E-state index contributed by atoms with van der Waals surface area (Å²) in [4.78, 5) is 14.1. The maximum absolute atomic E-state index is 12.2. The van der Waals surface area contributed by atoms with Gasteiger partial charge in [-0.15, -0.1) is 0 Å². The standard InChI is InChI=1S/C13H26N2O/c1-9(2)7-12(14)13(16)15(10(3)4)8-11-5-6-11/h9-12H,5-8,14H2,1-4H3/t12-/m0/s1. The average molecular weight is 226 g/mol. The number of nitrogens with zero attached hydrogens (tertiary/aromatic N) is 1. The fourth-order valence-corrected chi connectivity index (χ4v) is 1.96. The number of hydrogen-bond acceptors (Lipinski definition) is 2. The van der Waals surface area contributed by atoms with Gasteiger partial charge in [-0.2, -0.15) is 0 Å². The van der Waals surface area contributed by atoms with Gasteiger partial charge in [0.1, 0.15) is 0 Å². The van der Waals surface area contributed by atoms with Crippen LogP contribution in [-0.2, 0) is 4.79 Å². The Bertz CT molecular complexity index is 234. The van der Waals surface area contributed by atoms with Gasteiger partial charge >= 0.3 is 0 Å². The van der Waals surface area contributed by atoms with Crippen LogP contribution in [0.3, 0.4) is 0 Å². The number of carbonyl (C=O) groups is 1. The maximum atomic E-state index is 12.2. The zero-order chi connectivity index (χ0) is 12.3. The maximum Gasteiger partial charge on any atom is 0.239 e. The highest BCUT2D eigenvalue weighted by atomic mass is 16.2. The Labute approximate surface area is 99.4 Å². The Morgan fingerprint density at radius 2 is 1.88 bits per heavy atom. The Kier molecular flexibility index (Phi) is 4.78. The summed E-state index contributed by atoms with van der Waals surface area (Å²) in [6, 6.07) is -0.0486. The molecule has 1 rings (SSSR count). The number of rotatable bonds is 6. The molecule has 0 aromatic carbocycles. The molecule has 1 aliphatic rings. The van der Waals surface area contributed by atoms with Crippen molar-refractivity contribution < 1.29 is 4.79 Å². The lowest BCUT2D eigenvalue weighted by Crippen LogP contribution is -2.48. The van der Waals surface area contributed by atoms with Gasteiger partial charge in [0.2, 0.25) is 5.91 Å². The van der Waals surface area contributed by atoms with Crippen LogP contribution in [-0.4, -0.2) is 29.4 Å². The monoisotopic (exact) mass is 226 g/mol. The number of hydrogen-bond donors (Lipinski definition) is 1. The highest BCUT2D eigenvalue weighted by molar-refractivity contribution is 5.81. The molecule has 1 atom stereocenters. The summed E-state index contributed by atoms with van der Waals surface area (Å²) in [7, 11) is 0. The molecule has 94 valence electrons. The zero-order valence-electron chi connectivity index (χ0n) is 11.1. The van der Waals surface area contributed by atoms with E-state index in [4.69, 9.17) is 5.73 Å². The van der Waals surface area contributed by atoms with Gasteiger partial charge in [0.15, 0.2) is 0 Å². The van der Waals surface area contributed by atoms with Crippen molar-refractivity contribution in [1.82, 2.24) is 4.90 Å². The van der Waals surface area contributed by atoms with E-state index in [0.717, 1.165) is 18.9 Å². The molecule has 1 amide bonds. The van der Waals surface area contributed by atoms with Crippen LogP contribution in [0, 0.1) is 11.8 Å². The second kappa shape index (κ2) is 5.67. The molecule has 0 heterocycles. The van der Waals surface area contributed by atoms with E-state index < -0.39 is 0 Å². The van der Waals surface area contributed by atoms with Crippen molar-refractivity contribution in [3.8, 4) is 0 Å². The molecule has 0 aromatic heterocycles. The number of amides is 1. The molecule has 1 fully saturated rings. The Morgan fingerprint density at radius 3 is 2.25 bits per heavy atom. The molecule has 0 bridgehead atoms. The molecule has 16 heavy (non-hydrogen) atoms. The third-order valence-corrected chi connectivity index (χ3v) is 3.10. The van der Waals surface area contributed by atoms with Gasteiger partial charge in [0, 0.05) is 12.6 Å². The van der Waals surface area contributed by atoms with Crippen molar-refractivity contribution in [3.63, 3.8) is 0 Å². The van der Waals surface area contributed by atoms with E-state index in [2.05, 4.69) is 27.7 Å². The Balaban J connectivity index is 2.51. The highest BCUT2D eigenvalue weighted by Crippen LogP contribution is 2.30. The second-order valence-electron chi connectivity index (χ2n) is 5.76. The smallest absolute Gasteiger partial charge is 0.239 e. The van der Waals surface area contributed by atoms with E-state index >= 15 is 0 Å². The predicted octanol–water partition coefficient (Wildman–Crippen LogP) is 2.01. The minimum absolute atomic E-state index is 0.135. The van der Waals surface area contributed by atoms with Crippen LogP contribution in [0.25, 0.3) is 0 Å². The quantitative estimate of drug-likeness (QED) is 0.753. The molecule has 0 saturated heterocycles. The van der Waals surface area contributed by atoms with Crippen LogP contribution in [0.4, 0.5) is 0 Å². The first-order valence-electron chi connectivity index (χ1n) is 6.47. The lowest BCUT2D eigenvalue weighted by atomic mass is 10.0. The van der Waals surface area contributed by atoms with E-state index in [1.165, 1.54) is 12.8 Å². The molecule has 1 saturated carbocycles.